The molecule has 214 valence electrons. The Hall–Kier alpha value is -1.15. The van der Waals surface area contributed by atoms with Gasteiger partial charge >= 0.3 is 11.9 Å². The van der Waals surface area contributed by atoms with Crippen LogP contribution in [0.3, 0.4) is 0 Å². The summed E-state index contributed by atoms with van der Waals surface area (Å²) in [4.78, 5) is 24.2. The van der Waals surface area contributed by atoms with Gasteiger partial charge in [0.05, 0.1) is 5.41 Å². The average molecular weight is 535 g/mol. The molecule has 0 aliphatic rings. The van der Waals surface area contributed by atoms with Crippen molar-refractivity contribution in [1.29, 1.82) is 0 Å². The molecule has 0 saturated carbocycles. The number of hydrogen-bond acceptors (Lipinski definition) is 4. The maximum Gasteiger partial charge on any atom is 0.325 e. The van der Waals surface area contributed by atoms with Crippen LogP contribution in [0.2, 0.25) is 0 Å². The summed E-state index contributed by atoms with van der Waals surface area (Å²) >= 11 is 0. The molecule has 8 heteroatoms. The van der Waals surface area contributed by atoms with Crippen LogP contribution in [0.25, 0.3) is 0 Å². The number of carboxylic acid groups (broad SMARTS) is 2. The minimum Gasteiger partial charge on any atom is -0.481 e. The van der Waals surface area contributed by atoms with Crippen molar-refractivity contribution in [3.63, 3.8) is 0 Å². The van der Waals surface area contributed by atoms with Gasteiger partial charge in [-0.2, -0.15) is 8.42 Å². The highest BCUT2D eigenvalue weighted by molar-refractivity contribution is 7.87. The van der Waals surface area contributed by atoms with Gasteiger partial charge in [0.25, 0.3) is 10.1 Å². The second kappa shape index (κ2) is 19.0. The molecule has 0 rings (SSSR count). The standard InChI is InChI=1S/C28H54O7S/c1-23(2)19-15-11-7-5-9-13-17-21-28(27(31)32,25(26(29)30)36(33,34)35)22-18-14-10-6-8-12-16-20-24(3)4/h23-25H,5-22H2,1-4H3,(H,29,30)(H,31,32)(H,33,34,35). The van der Waals surface area contributed by atoms with Crippen LogP contribution in [0, 0.1) is 17.3 Å². The highest BCUT2D eigenvalue weighted by Crippen LogP contribution is 2.39. The Morgan fingerprint density at radius 2 is 0.917 bits per heavy atom. The van der Waals surface area contributed by atoms with Gasteiger partial charge in [0.1, 0.15) is 0 Å². The van der Waals surface area contributed by atoms with Crippen LogP contribution in [0.1, 0.15) is 143 Å². The van der Waals surface area contributed by atoms with E-state index in [1.165, 1.54) is 38.5 Å². The fourth-order valence-electron chi connectivity index (χ4n) is 5.12. The van der Waals surface area contributed by atoms with Crippen LogP contribution in [0.15, 0.2) is 0 Å². The van der Waals surface area contributed by atoms with Crippen LogP contribution in [-0.2, 0) is 19.7 Å². The highest BCUT2D eigenvalue weighted by atomic mass is 32.2. The van der Waals surface area contributed by atoms with E-state index >= 15 is 0 Å². The number of unbranched alkanes of at least 4 members (excludes halogenated alkanes) is 12. The maximum atomic E-state index is 12.4. The molecule has 0 aliphatic carbocycles. The molecule has 0 bridgehead atoms. The van der Waals surface area contributed by atoms with Crippen LogP contribution >= 0.6 is 0 Å². The summed E-state index contributed by atoms with van der Waals surface area (Å²) in [6.45, 7) is 8.84. The molecule has 0 aliphatic heterocycles. The van der Waals surface area contributed by atoms with Crippen molar-refractivity contribution >= 4 is 22.1 Å². The van der Waals surface area contributed by atoms with Gasteiger partial charge in [-0.3, -0.25) is 14.1 Å². The molecule has 36 heavy (non-hydrogen) atoms. The van der Waals surface area contributed by atoms with Gasteiger partial charge in [-0.15, -0.1) is 0 Å². The summed E-state index contributed by atoms with van der Waals surface area (Å²) < 4.78 is 33.7. The average Bonchev–Trinajstić information content (AvgIpc) is 2.74. The summed E-state index contributed by atoms with van der Waals surface area (Å²) in [5, 5.41) is 17.3. The zero-order chi connectivity index (χ0) is 27.6. The Morgan fingerprint density at radius 3 is 1.17 bits per heavy atom. The van der Waals surface area contributed by atoms with Crippen LogP contribution < -0.4 is 0 Å². The molecule has 0 spiro atoms. The first-order valence-corrected chi connectivity index (χ1v) is 15.8. The molecule has 3 N–H and O–H groups in total. The molecular weight excluding hydrogens is 480 g/mol. The number of rotatable bonds is 24. The van der Waals surface area contributed by atoms with Gasteiger partial charge in [0.2, 0.25) is 0 Å². The third kappa shape index (κ3) is 15.2. The molecular formula is C28H54O7S. The van der Waals surface area contributed by atoms with E-state index < -0.39 is 32.7 Å². The molecule has 0 aromatic carbocycles. The van der Waals surface area contributed by atoms with Gasteiger partial charge in [-0.1, -0.05) is 130 Å². The largest absolute Gasteiger partial charge is 0.481 e. The Bertz CT molecular complexity index is 675. The second-order valence-corrected chi connectivity index (χ2v) is 13.0. The van der Waals surface area contributed by atoms with Crippen molar-refractivity contribution in [2.45, 2.75) is 149 Å². The fraction of sp³-hybridized carbons (Fsp3) is 0.929. The van der Waals surface area contributed by atoms with Gasteiger partial charge in [0.15, 0.2) is 5.25 Å². The van der Waals surface area contributed by atoms with Crippen LogP contribution in [-0.4, -0.2) is 40.4 Å². The summed E-state index contributed by atoms with van der Waals surface area (Å²) in [6.07, 6.45) is 15.4. The van der Waals surface area contributed by atoms with E-state index in [4.69, 9.17) is 0 Å². The minimum absolute atomic E-state index is 0.0678. The quantitative estimate of drug-likeness (QED) is 0.0853. The number of carbonyl (C=O) groups is 2. The first-order valence-electron chi connectivity index (χ1n) is 14.3. The molecule has 0 amide bonds. The molecule has 0 aromatic heterocycles. The summed E-state index contributed by atoms with van der Waals surface area (Å²) in [5.74, 6) is -1.84. The second-order valence-electron chi connectivity index (χ2n) is 11.5. The van der Waals surface area contributed by atoms with E-state index in [1.807, 2.05) is 0 Å². The number of carboxylic acids is 2. The molecule has 0 saturated heterocycles. The smallest absolute Gasteiger partial charge is 0.325 e. The van der Waals surface area contributed by atoms with Gasteiger partial charge in [-0.05, 0) is 24.7 Å². The fourth-order valence-corrected chi connectivity index (χ4v) is 6.28. The molecule has 1 unspecified atom stereocenters. The van der Waals surface area contributed by atoms with Gasteiger partial charge in [-0.25, -0.2) is 0 Å². The molecule has 0 heterocycles. The lowest BCUT2D eigenvalue weighted by atomic mass is 9.74. The molecule has 0 fully saturated rings. The van der Waals surface area contributed by atoms with Crippen molar-refractivity contribution in [2.75, 3.05) is 0 Å². The summed E-state index contributed by atoms with van der Waals surface area (Å²) in [7, 11) is -5.08. The van der Waals surface area contributed by atoms with Crippen LogP contribution in [0.5, 0.6) is 0 Å². The van der Waals surface area contributed by atoms with Crippen molar-refractivity contribution in [3.8, 4) is 0 Å². The van der Waals surface area contributed by atoms with Gasteiger partial charge in [0, 0.05) is 0 Å². The third-order valence-corrected chi connectivity index (χ3v) is 8.51. The summed E-state index contributed by atoms with van der Waals surface area (Å²) in [5.41, 5.74) is -2.02. The number of hydrogen-bond donors (Lipinski definition) is 3. The molecule has 7 nitrogen and oxygen atoms in total. The topological polar surface area (TPSA) is 129 Å². The predicted molar refractivity (Wildman–Crippen MR) is 146 cm³/mol. The Kier molecular flexibility index (Phi) is 18.4. The molecule has 0 aromatic rings. The van der Waals surface area contributed by atoms with E-state index in [0.717, 1.165) is 38.5 Å². The molecule has 1 atom stereocenters. The first kappa shape index (κ1) is 34.9. The van der Waals surface area contributed by atoms with Crippen LogP contribution in [0.4, 0.5) is 0 Å². The van der Waals surface area contributed by atoms with E-state index in [9.17, 15) is 32.8 Å². The minimum atomic E-state index is -5.08. The third-order valence-electron chi connectivity index (χ3n) is 7.26. The number of aliphatic carboxylic acids is 2. The lowest BCUT2D eigenvalue weighted by Gasteiger charge is -2.33. The lowest BCUT2D eigenvalue weighted by molar-refractivity contribution is -0.156. The zero-order valence-electron chi connectivity index (χ0n) is 23.3. The van der Waals surface area contributed by atoms with E-state index in [-0.39, 0.29) is 12.8 Å². The Labute approximate surface area is 220 Å². The van der Waals surface area contributed by atoms with E-state index in [1.54, 1.807) is 0 Å². The normalized spacial score (nSPS) is 13.4. The van der Waals surface area contributed by atoms with E-state index in [2.05, 4.69) is 27.7 Å². The first-order chi connectivity index (χ1) is 16.8. The van der Waals surface area contributed by atoms with Gasteiger partial charge < -0.3 is 10.2 Å². The van der Waals surface area contributed by atoms with Crippen molar-refractivity contribution in [3.05, 3.63) is 0 Å². The molecule has 0 radical (unpaired) electrons. The zero-order valence-corrected chi connectivity index (χ0v) is 24.2. The Morgan fingerprint density at radius 1 is 0.611 bits per heavy atom. The maximum absolute atomic E-state index is 12.4. The predicted octanol–water partition coefficient (Wildman–Crippen LogP) is 7.73. The Balaban J connectivity index is 4.89. The van der Waals surface area contributed by atoms with Crippen molar-refractivity contribution in [2.24, 2.45) is 17.3 Å². The SMILES string of the molecule is CC(C)CCCCCCCCCC(CCCCCCCCCC(C)C)(C(=O)O)C(C(=O)O)S(=O)(=O)O. The lowest BCUT2D eigenvalue weighted by Crippen LogP contribution is -2.51. The highest BCUT2D eigenvalue weighted by Gasteiger charge is 2.55. The van der Waals surface area contributed by atoms with Crippen molar-refractivity contribution < 1.29 is 32.8 Å². The monoisotopic (exact) mass is 534 g/mol. The summed E-state index contributed by atoms with van der Waals surface area (Å²) in [6, 6.07) is 0. The van der Waals surface area contributed by atoms with Crippen molar-refractivity contribution in [1.82, 2.24) is 0 Å². The van der Waals surface area contributed by atoms with E-state index in [0.29, 0.717) is 37.5 Å².